The van der Waals surface area contributed by atoms with E-state index in [1.165, 1.54) is 12.1 Å². The Labute approximate surface area is 144 Å². The fourth-order valence-corrected chi connectivity index (χ4v) is 3.65. The number of nitrogens with one attached hydrogen (secondary N) is 1. The summed E-state index contributed by atoms with van der Waals surface area (Å²) in [5.74, 6) is 0.532. The molecule has 1 aromatic carbocycles. The fraction of sp³-hybridized carbons (Fsp3) is 0.533. The molecule has 2 aliphatic heterocycles. The van der Waals surface area contributed by atoms with Gasteiger partial charge in [0.25, 0.3) is 0 Å². The van der Waals surface area contributed by atoms with Crippen LogP contribution >= 0.6 is 24.2 Å². The van der Waals surface area contributed by atoms with Crippen molar-refractivity contribution < 1.29 is 18.3 Å². The molecule has 0 spiro atoms. The lowest BCUT2D eigenvalue weighted by atomic mass is 10.1. The topological polar surface area (TPSA) is 41.6 Å². The zero-order valence-corrected chi connectivity index (χ0v) is 14.1. The number of nitrogens with zero attached hydrogens (tertiary/aromatic N) is 1. The third kappa shape index (κ3) is 4.49. The lowest BCUT2D eigenvalue weighted by Gasteiger charge is -2.33. The molecule has 128 valence electrons. The molecule has 8 heteroatoms. The first-order valence-electron chi connectivity index (χ1n) is 7.35. The molecule has 1 atom stereocenters. The largest absolute Gasteiger partial charge is 0.487 e. The number of amides is 1. The van der Waals surface area contributed by atoms with Crippen LogP contribution in [0.3, 0.4) is 0 Å². The zero-order chi connectivity index (χ0) is 15.5. The van der Waals surface area contributed by atoms with Gasteiger partial charge in [0.05, 0.1) is 6.04 Å². The predicted octanol–water partition coefficient (Wildman–Crippen LogP) is 2.42. The van der Waals surface area contributed by atoms with Crippen LogP contribution in [0, 0.1) is 11.6 Å². The first-order chi connectivity index (χ1) is 10.6. The molecule has 0 aromatic heterocycles. The van der Waals surface area contributed by atoms with E-state index in [1.807, 2.05) is 4.90 Å². The van der Waals surface area contributed by atoms with Gasteiger partial charge in [0.1, 0.15) is 11.9 Å². The van der Waals surface area contributed by atoms with E-state index in [0.29, 0.717) is 25.9 Å². The number of hydrogen-bond donors (Lipinski definition) is 1. The highest BCUT2D eigenvalue weighted by Crippen LogP contribution is 2.23. The number of carbonyl (C=O) groups is 1. The molecule has 2 heterocycles. The van der Waals surface area contributed by atoms with Crippen LogP contribution in [0.1, 0.15) is 12.8 Å². The van der Waals surface area contributed by atoms with Gasteiger partial charge in [0.2, 0.25) is 5.91 Å². The molecule has 3 rings (SSSR count). The van der Waals surface area contributed by atoms with Gasteiger partial charge in [-0.25, -0.2) is 8.78 Å². The van der Waals surface area contributed by atoms with Crippen molar-refractivity contribution in [3.8, 4) is 5.75 Å². The van der Waals surface area contributed by atoms with Gasteiger partial charge in [-0.3, -0.25) is 10.1 Å². The molecule has 2 fully saturated rings. The SMILES string of the molecule is Cl.O=C(C1CSCN1)N1CCC(Oc2ccc(F)cc2F)CC1. The minimum atomic E-state index is -0.689. The number of piperidine rings is 1. The number of likely N-dealkylation sites (tertiary alicyclic amines) is 1. The molecule has 4 nitrogen and oxygen atoms in total. The number of thioether (sulfide) groups is 1. The Morgan fingerprint density at radius 2 is 2.04 bits per heavy atom. The predicted molar refractivity (Wildman–Crippen MR) is 88.1 cm³/mol. The summed E-state index contributed by atoms with van der Waals surface area (Å²) < 4.78 is 32.0. The quantitative estimate of drug-likeness (QED) is 0.894. The molecule has 1 aromatic rings. The molecule has 0 saturated carbocycles. The van der Waals surface area contributed by atoms with E-state index in [9.17, 15) is 13.6 Å². The smallest absolute Gasteiger partial charge is 0.240 e. The highest BCUT2D eigenvalue weighted by Gasteiger charge is 2.30. The Morgan fingerprint density at radius 3 is 2.65 bits per heavy atom. The summed E-state index contributed by atoms with van der Waals surface area (Å²) in [4.78, 5) is 14.1. The van der Waals surface area contributed by atoms with Crippen LogP contribution in [-0.4, -0.2) is 47.7 Å². The fourth-order valence-electron chi connectivity index (χ4n) is 2.72. The summed E-state index contributed by atoms with van der Waals surface area (Å²) in [5, 5.41) is 3.17. The summed E-state index contributed by atoms with van der Waals surface area (Å²) in [6.07, 6.45) is 1.17. The normalized spacial score (nSPS) is 21.8. The Kier molecular flexibility index (Phi) is 6.50. The van der Waals surface area contributed by atoms with Crippen molar-refractivity contribution in [2.45, 2.75) is 25.0 Å². The molecular formula is C15H19ClF2N2O2S. The molecule has 23 heavy (non-hydrogen) atoms. The molecule has 1 unspecified atom stereocenters. The van der Waals surface area contributed by atoms with Gasteiger partial charge in [-0.15, -0.1) is 24.2 Å². The van der Waals surface area contributed by atoms with Crippen molar-refractivity contribution in [2.75, 3.05) is 24.7 Å². The lowest BCUT2D eigenvalue weighted by Crippen LogP contribution is -2.49. The second kappa shape index (κ2) is 8.17. The zero-order valence-electron chi connectivity index (χ0n) is 12.5. The van der Waals surface area contributed by atoms with Gasteiger partial charge in [-0.1, -0.05) is 0 Å². The first-order valence-corrected chi connectivity index (χ1v) is 8.50. The van der Waals surface area contributed by atoms with Crippen LogP contribution in [-0.2, 0) is 4.79 Å². The van der Waals surface area contributed by atoms with E-state index in [1.54, 1.807) is 11.8 Å². The molecule has 1 N–H and O–H groups in total. The summed E-state index contributed by atoms with van der Waals surface area (Å²) in [5.41, 5.74) is 0. The number of benzene rings is 1. The number of hydrogen-bond acceptors (Lipinski definition) is 4. The monoisotopic (exact) mass is 364 g/mol. The number of ether oxygens (including phenoxy) is 1. The van der Waals surface area contributed by atoms with E-state index >= 15 is 0 Å². The van der Waals surface area contributed by atoms with Crippen molar-refractivity contribution in [1.82, 2.24) is 10.2 Å². The number of carbonyl (C=O) groups excluding carboxylic acids is 1. The van der Waals surface area contributed by atoms with Crippen molar-refractivity contribution in [2.24, 2.45) is 0 Å². The minimum absolute atomic E-state index is 0. The van der Waals surface area contributed by atoms with E-state index < -0.39 is 11.6 Å². The molecule has 2 saturated heterocycles. The maximum Gasteiger partial charge on any atom is 0.240 e. The Morgan fingerprint density at radius 1 is 1.30 bits per heavy atom. The van der Waals surface area contributed by atoms with Crippen LogP contribution in [0.15, 0.2) is 18.2 Å². The van der Waals surface area contributed by atoms with Gasteiger partial charge in [0, 0.05) is 43.6 Å². The molecule has 1 amide bonds. The maximum atomic E-state index is 13.6. The minimum Gasteiger partial charge on any atom is -0.487 e. The highest BCUT2D eigenvalue weighted by atomic mass is 35.5. The lowest BCUT2D eigenvalue weighted by molar-refractivity contribution is -0.134. The van der Waals surface area contributed by atoms with E-state index in [4.69, 9.17) is 4.74 Å². The summed E-state index contributed by atoms with van der Waals surface area (Å²) in [6, 6.07) is 3.22. The second-order valence-electron chi connectivity index (χ2n) is 5.49. The van der Waals surface area contributed by atoms with Gasteiger partial charge in [0.15, 0.2) is 11.6 Å². The van der Waals surface area contributed by atoms with Crippen molar-refractivity contribution in [1.29, 1.82) is 0 Å². The molecule has 2 aliphatic rings. The molecule has 0 aliphatic carbocycles. The number of rotatable bonds is 3. The van der Waals surface area contributed by atoms with Crippen LogP contribution < -0.4 is 10.1 Å². The Bertz CT molecular complexity index is 550. The highest BCUT2D eigenvalue weighted by molar-refractivity contribution is 7.99. The van der Waals surface area contributed by atoms with E-state index in [2.05, 4.69) is 5.32 Å². The van der Waals surface area contributed by atoms with Crippen LogP contribution in [0.4, 0.5) is 8.78 Å². The molecule has 0 radical (unpaired) electrons. The van der Waals surface area contributed by atoms with Gasteiger partial charge in [-0.2, -0.15) is 0 Å². The van der Waals surface area contributed by atoms with Crippen molar-refractivity contribution in [3.63, 3.8) is 0 Å². The first kappa shape index (κ1) is 18.3. The van der Waals surface area contributed by atoms with Crippen molar-refractivity contribution in [3.05, 3.63) is 29.8 Å². The summed E-state index contributed by atoms with van der Waals surface area (Å²) >= 11 is 1.72. The maximum absolute atomic E-state index is 13.6. The van der Waals surface area contributed by atoms with E-state index in [-0.39, 0.29) is 36.2 Å². The van der Waals surface area contributed by atoms with Crippen LogP contribution in [0.2, 0.25) is 0 Å². The summed E-state index contributed by atoms with van der Waals surface area (Å²) in [7, 11) is 0. The van der Waals surface area contributed by atoms with Gasteiger partial charge in [-0.05, 0) is 12.1 Å². The average molecular weight is 365 g/mol. The average Bonchev–Trinajstić information content (AvgIpc) is 3.04. The van der Waals surface area contributed by atoms with Crippen LogP contribution in [0.25, 0.3) is 0 Å². The Hall–Kier alpha value is -1.05. The third-order valence-corrected chi connectivity index (χ3v) is 4.90. The Balaban J connectivity index is 0.00000192. The van der Waals surface area contributed by atoms with E-state index in [0.717, 1.165) is 17.7 Å². The standard InChI is InChI=1S/C15H18F2N2O2S.ClH/c16-10-1-2-14(12(17)7-10)21-11-3-5-19(6-4-11)15(20)13-8-22-9-18-13;/h1-2,7,11,13,18H,3-6,8-9H2;1H. The third-order valence-electron chi connectivity index (χ3n) is 3.96. The second-order valence-corrected chi connectivity index (χ2v) is 6.52. The summed E-state index contributed by atoms with van der Waals surface area (Å²) in [6.45, 7) is 1.21. The molecular weight excluding hydrogens is 346 g/mol. The van der Waals surface area contributed by atoms with Crippen LogP contribution in [0.5, 0.6) is 5.75 Å². The number of halogens is 3. The molecule has 0 bridgehead atoms. The van der Waals surface area contributed by atoms with Gasteiger partial charge >= 0.3 is 0 Å². The van der Waals surface area contributed by atoms with Crippen molar-refractivity contribution >= 4 is 30.1 Å². The van der Waals surface area contributed by atoms with Gasteiger partial charge < -0.3 is 9.64 Å².